The topological polar surface area (TPSA) is 53.4 Å². The van der Waals surface area contributed by atoms with Crippen molar-refractivity contribution in [1.29, 1.82) is 0 Å². The van der Waals surface area contributed by atoms with E-state index in [9.17, 15) is 4.21 Å². The van der Waals surface area contributed by atoms with Crippen LogP contribution < -0.4 is 4.72 Å². The van der Waals surface area contributed by atoms with Gasteiger partial charge in [0, 0.05) is 33.2 Å². The molecule has 1 saturated heterocycles. The Bertz CT molecular complexity index is 838. The van der Waals surface area contributed by atoms with Gasteiger partial charge in [-0.3, -0.25) is 9.40 Å². The van der Waals surface area contributed by atoms with Crippen LogP contribution in [0.1, 0.15) is 37.2 Å². The molecule has 2 heterocycles. The first kappa shape index (κ1) is 23.0. The minimum atomic E-state index is -1.29. The lowest BCUT2D eigenvalue weighted by molar-refractivity contribution is 0.153. The van der Waals surface area contributed by atoms with Crippen LogP contribution in [-0.2, 0) is 30.9 Å². The van der Waals surface area contributed by atoms with Gasteiger partial charge in [0.05, 0.1) is 22.0 Å². The lowest BCUT2D eigenvalue weighted by Gasteiger charge is -2.32. The molecule has 1 aromatic carbocycles. The number of nitrogens with one attached hydrogen (secondary N) is 1. The Morgan fingerprint density at radius 2 is 1.77 bits per heavy atom. The fourth-order valence-electron chi connectivity index (χ4n) is 3.85. The van der Waals surface area contributed by atoms with Crippen molar-refractivity contribution in [2.75, 3.05) is 44.5 Å². The quantitative estimate of drug-likeness (QED) is 0.662. The van der Waals surface area contributed by atoms with E-state index in [0.717, 1.165) is 47.8 Å². The summed E-state index contributed by atoms with van der Waals surface area (Å²) >= 11 is 0. The number of rotatable bonds is 9. The molecule has 0 radical (unpaired) electrons. The third-order valence-corrected chi connectivity index (χ3v) is 6.97. The van der Waals surface area contributed by atoms with Gasteiger partial charge in [-0.2, -0.15) is 5.10 Å². The van der Waals surface area contributed by atoms with Crippen molar-refractivity contribution in [3.63, 3.8) is 0 Å². The van der Waals surface area contributed by atoms with Crippen LogP contribution >= 0.6 is 0 Å². The van der Waals surface area contributed by atoms with Crippen molar-refractivity contribution in [1.82, 2.24) is 19.6 Å². The maximum atomic E-state index is 12.9. The van der Waals surface area contributed by atoms with E-state index in [1.807, 2.05) is 30.8 Å². The van der Waals surface area contributed by atoms with Crippen molar-refractivity contribution < 1.29 is 4.21 Å². The van der Waals surface area contributed by atoms with Crippen LogP contribution in [0.25, 0.3) is 0 Å². The summed E-state index contributed by atoms with van der Waals surface area (Å²) in [5.74, 6) is 0.499. The van der Waals surface area contributed by atoms with E-state index in [2.05, 4.69) is 52.6 Å². The Morgan fingerprint density at radius 1 is 1.10 bits per heavy atom. The van der Waals surface area contributed by atoms with Crippen LogP contribution in [0.2, 0.25) is 0 Å². The molecule has 3 rings (SSSR count). The number of aryl methyl sites for hydroxylation is 2. The fraction of sp³-hybridized carbons (Fsp3) is 0.609. The Kier molecular flexibility index (Phi) is 8.08. The van der Waals surface area contributed by atoms with Gasteiger partial charge in [-0.25, -0.2) is 4.21 Å². The van der Waals surface area contributed by atoms with Gasteiger partial charge < -0.3 is 9.80 Å². The van der Waals surface area contributed by atoms with Crippen molar-refractivity contribution >= 4 is 16.7 Å². The summed E-state index contributed by atoms with van der Waals surface area (Å²) < 4.78 is 18.0. The molecule has 1 unspecified atom stereocenters. The van der Waals surface area contributed by atoms with Crippen molar-refractivity contribution in [2.45, 2.75) is 44.9 Å². The van der Waals surface area contributed by atoms with Gasteiger partial charge in [-0.05, 0) is 63.4 Å². The highest BCUT2D eigenvalue weighted by atomic mass is 32.2. The molecule has 0 aliphatic carbocycles. The molecule has 0 saturated carbocycles. The molecule has 0 bridgehead atoms. The van der Waals surface area contributed by atoms with E-state index < -0.39 is 11.0 Å². The number of piperazine rings is 1. The molecule has 166 valence electrons. The van der Waals surface area contributed by atoms with E-state index in [-0.39, 0.29) is 0 Å². The van der Waals surface area contributed by atoms with Crippen molar-refractivity contribution in [3.05, 3.63) is 41.2 Å². The van der Waals surface area contributed by atoms with Crippen molar-refractivity contribution in [2.24, 2.45) is 13.0 Å². The van der Waals surface area contributed by atoms with E-state index in [1.54, 1.807) is 0 Å². The Morgan fingerprint density at radius 3 is 2.40 bits per heavy atom. The standard InChI is InChI=1S/C23H37N5OS/c1-18(2)17-22-23(19(3)27(5)24-22)25-30(29)21-10-8-20(9-11-21)7-6-12-28-15-13-26(4)14-16-28/h8-11,18,25H,6-7,12-17H2,1-5H3. The molecule has 30 heavy (non-hydrogen) atoms. The van der Waals surface area contributed by atoms with Crippen LogP contribution in [0, 0.1) is 12.8 Å². The monoisotopic (exact) mass is 431 g/mol. The first-order valence-corrected chi connectivity index (χ1v) is 12.2. The van der Waals surface area contributed by atoms with Gasteiger partial charge in [0.2, 0.25) is 0 Å². The highest BCUT2D eigenvalue weighted by molar-refractivity contribution is 7.86. The number of nitrogens with zero attached hydrogens (tertiary/aromatic N) is 4. The number of aromatic nitrogens is 2. The second-order valence-electron chi connectivity index (χ2n) is 8.89. The molecule has 1 atom stereocenters. The molecule has 0 amide bonds. The molecular weight excluding hydrogens is 394 g/mol. The zero-order chi connectivity index (χ0) is 21.7. The first-order chi connectivity index (χ1) is 14.3. The number of hydrogen-bond acceptors (Lipinski definition) is 4. The maximum Gasteiger partial charge on any atom is 0.150 e. The van der Waals surface area contributed by atoms with Crippen LogP contribution in [0.5, 0.6) is 0 Å². The summed E-state index contributed by atoms with van der Waals surface area (Å²) in [5, 5.41) is 4.60. The second-order valence-corrected chi connectivity index (χ2v) is 10.1. The average Bonchev–Trinajstić information content (AvgIpc) is 2.97. The van der Waals surface area contributed by atoms with E-state index in [0.29, 0.717) is 5.92 Å². The Labute approximate surface area is 184 Å². The largest absolute Gasteiger partial charge is 0.304 e. The molecule has 0 spiro atoms. The summed E-state index contributed by atoms with van der Waals surface area (Å²) in [5.41, 5.74) is 4.21. The smallest absolute Gasteiger partial charge is 0.150 e. The predicted octanol–water partition coefficient (Wildman–Crippen LogP) is 3.24. The summed E-state index contributed by atoms with van der Waals surface area (Å²) in [6, 6.07) is 8.21. The molecular formula is C23H37N5OS. The Balaban J connectivity index is 1.54. The first-order valence-electron chi connectivity index (χ1n) is 11.0. The van der Waals surface area contributed by atoms with Crippen LogP contribution in [0.3, 0.4) is 0 Å². The van der Waals surface area contributed by atoms with Crippen LogP contribution in [0.4, 0.5) is 5.69 Å². The maximum absolute atomic E-state index is 12.9. The normalized spacial score (nSPS) is 16.9. The van der Waals surface area contributed by atoms with Gasteiger partial charge >= 0.3 is 0 Å². The summed E-state index contributed by atoms with van der Waals surface area (Å²) in [6.07, 6.45) is 3.10. The molecule has 1 N–H and O–H groups in total. The van der Waals surface area contributed by atoms with E-state index in [4.69, 9.17) is 0 Å². The van der Waals surface area contributed by atoms with Crippen LogP contribution in [-0.4, -0.2) is 63.6 Å². The third-order valence-electron chi connectivity index (χ3n) is 5.88. The molecule has 1 aromatic heterocycles. The van der Waals surface area contributed by atoms with Gasteiger partial charge in [0.25, 0.3) is 0 Å². The molecule has 1 fully saturated rings. The zero-order valence-corrected chi connectivity index (χ0v) is 20.0. The summed E-state index contributed by atoms with van der Waals surface area (Å²) in [6.45, 7) is 12.2. The number of anilines is 1. The number of benzene rings is 1. The lowest BCUT2D eigenvalue weighted by atomic mass is 10.1. The van der Waals surface area contributed by atoms with Gasteiger partial charge in [-0.15, -0.1) is 0 Å². The van der Waals surface area contributed by atoms with Gasteiger partial charge in [0.1, 0.15) is 11.0 Å². The highest BCUT2D eigenvalue weighted by Crippen LogP contribution is 2.24. The molecule has 1 aliphatic heterocycles. The fourth-order valence-corrected chi connectivity index (χ4v) is 4.80. The second kappa shape index (κ2) is 10.6. The highest BCUT2D eigenvalue weighted by Gasteiger charge is 2.17. The average molecular weight is 432 g/mol. The minimum absolute atomic E-state index is 0.499. The van der Waals surface area contributed by atoms with E-state index >= 15 is 0 Å². The molecule has 6 nitrogen and oxygen atoms in total. The van der Waals surface area contributed by atoms with Crippen LogP contribution in [0.15, 0.2) is 29.2 Å². The number of hydrogen-bond donors (Lipinski definition) is 1. The lowest BCUT2D eigenvalue weighted by Crippen LogP contribution is -2.44. The van der Waals surface area contributed by atoms with Gasteiger partial charge in [-0.1, -0.05) is 26.0 Å². The van der Waals surface area contributed by atoms with Gasteiger partial charge in [0.15, 0.2) is 0 Å². The summed E-state index contributed by atoms with van der Waals surface area (Å²) in [4.78, 5) is 5.75. The van der Waals surface area contributed by atoms with Crippen molar-refractivity contribution in [3.8, 4) is 0 Å². The molecule has 2 aromatic rings. The van der Waals surface area contributed by atoms with E-state index in [1.165, 1.54) is 31.7 Å². The number of likely N-dealkylation sites (N-methyl/N-ethyl adjacent to an activating group) is 1. The predicted molar refractivity (Wildman–Crippen MR) is 125 cm³/mol. The zero-order valence-electron chi connectivity index (χ0n) is 19.1. The Hall–Kier alpha value is -1.70. The third kappa shape index (κ3) is 6.15. The SMILES string of the molecule is Cc1c(NS(=O)c2ccc(CCCN3CCN(C)CC3)cc2)c(CC(C)C)nn1C. The summed E-state index contributed by atoms with van der Waals surface area (Å²) in [7, 11) is 2.83. The molecule has 7 heteroatoms. The molecule has 1 aliphatic rings. The minimum Gasteiger partial charge on any atom is -0.304 e.